The summed E-state index contributed by atoms with van der Waals surface area (Å²) in [4.78, 5) is 72.2. The minimum Gasteiger partial charge on any atom is -0.354 e. The summed E-state index contributed by atoms with van der Waals surface area (Å²) in [5.74, 6) is -2.90. The molecule has 0 aliphatic carbocycles. The molecule has 0 saturated carbocycles. The Bertz CT molecular complexity index is 1460. The zero-order valence-corrected chi connectivity index (χ0v) is 24.9. The number of fused-ring (bicyclic) bond motifs is 4. The highest BCUT2D eigenvalue weighted by Gasteiger charge is 2.49. The van der Waals surface area contributed by atoms with Gasteiger partial charge in [-0.05, 0) is 43.2 Å². The molecular weight excluding hydrogens is 550 g/mol. The van der Waals surface area contributed by atoms with E-state index in [2.05, 4.69) is 32.3 Å². The van der Waals surface area contributed by atoms with Crippen molar-refractivity contribution in [1.29, 1.82) is 5.26 Å². The number of carbonyl (C=O) groups is 5. The molecule has 0 spiro atoms. The van der Waals surface area contributed by atoms with Gasteiger partial charge in [-0.25, -0.2) is 0 Å². The van der Waals surface area contributed by atoms with Gasteiger partial charge in [0.25, 0.3) is 5.91 Å². The predicted molar refractivity (Wildman–Crippen MR) is 157 cm³/mol. The molecule has 5 amide bonds. The summed E-state index contributed by atoms with van der Waals surface area (Å²) in [6, 6.07) is 7.46. The second-order valence-electron chi connectivity index (χ2n) is 13.0. The Morgan fingerprint density at radius 2 is 1.81 bits per heavy atom. The number of para-hydroxylation sites is 1. The molecule has 3 aliphatic heterocycles. The van der Waals surface area contributed by atoms with Gasteiger partial charge >= 0.3 is 0 Å². The van der Waals surface area contributed by atoms with Crippen LogP contribution < -0.4 is 21.3 Å². The van der Waals surface area contributed by atoms with Crippen molar-refractivity contribution in [2.24, 2.45) is 23.2 Å². The van der Waals surface area contributed by atoms with E-state index in [4.69, 9.17) is 0 Å². The van der Waals surface area contributed by atoms with Gasteiger partial charge < -0.3 is 31.2 Å². The molecule has 12 nitrogen and oxygen atoms in total. The van der Waals surface area contributed by atoms with Gasteiger partial charge in [0.2, 0.25) is 23.6 Å². The molecule has 3 aliphatic rings. The van der Waals surface area contributed by atoms with Gasteiger partial charge in [0.1, 0.15) is 29.9 Å². The molecule has 3 saturated heterocycles. The number of aromatic amines is 1. The summed E-state index contributed by atoms with van der Waals surface area (Å²) >= 11 is 0. The number of H-pyrrole nitrogens is 1. The Morgan fingerprint density at radius 3 is 2.51 bits per heavy atom. The number of amides is 5. The van der Waals surface area contributed by atoms with Crippen LogP contribution in [0.3, 0.4) is 0 Å². The summed E-state index contributed by atoms with van der Waals surface area (Å²) in [6.07, 6.45) is 0.813. The van der Waals surface area contributed by atoms with Crippen molar-refractivity contribution >= 4 is 40.4 Å². The van der Waals surface area contributed by atoms with Gasteiger partial charge in [-0.15, -0.1) is 0 Å². The van der Waals surface area contributed by atoms with Crippen molar-refractivity contribution in [3.8, 4) is 6.07 Å². The van der Waals surface area contributed by atoms with Crippen molar-refractivity contribution < 1.29 is 24.0 Å². The minimum absolute atomic E-state index is 0.0192. The third-order valence-corrected chi connectivity index (χ3v) is 9.17. The molecule has 4 heterocycles. The molecule has 0 unspecified atom stereocenters. The van der Waals surface area contributed by atoms with E-state index in [0.29, 0.717) is 13.0 Å². The lowest BCUT2D eigenvalue weighted by molar-refractivity contribution is -0.143. The topological polar surface area (TPSA) is 176 Å². The van der Waals surface area contributed by atoms with Crippen molar-refractivity contribution in [2.75, 3.05) is 13.1 Å². The number of benzene rings is 1. The second kappa shape index (κ2) is 11.7. The molecule has 5 N–H and O–H groups in total. The molecule has 2 aromatic rings. The van der Waals surface area contributed by atoms with Crippen LogP contribution in [0.25, 0.3) is 10.9 Å². The first-order valence-corrected chi connectivity index (χ1v) is 14.9. The molecule has 5 rings (SSSR count). The van der Waals surface area contributed by atoms with E-state index in [0.717, 1.165) is 10.9 Å². The summed E-state index contributed by atoms with van der Waals surface area (Å²) in [6.45, 7) is 7.83. The summed E-state index contributed by atoms with van der Waals surface area (Å²) < 4.78 is 0. The normalized spacial score (nSPS) is 29.6. The molecule has 12 heteroatoms. The molecule has 2 bridgehead atoms. The molecule has 6 atom stereocenters. The molecule has 43 heavy (non-hydrogen) atoms. The number of carbonyl (C=O) groups excluding carboxylic acids is 5. The number of hydrogen-bond acceptors (Lipinski definition) is 6. The lowest BCUT2D eigenvalue weighted by Gasteiger charge is -2.38. The molecular formula is C31H39N7O5. The van der Waals surface area contributed by atoms with Gasteiger partial charge in [-0.1, -0.05) is 45.9 Å². The van der Waals surface area contributed by atoms with Gasteiger partial charge in [0.05, 0.1) is 6.07 Å². The summed E-state index contributed by atoms with van der Waals surface area (Å²) in [5.41, 5.74) is 0.0487. The van der Waals surface area contributed by atoms with Crippen LogP contribution in [0.5, 0.6) is 0 Å². The van der Waals surface area contributed by atoms with Crippen LogP contribution >= 0.6 is 0 Å². The highest BCUT2D eigenvalue weighted by molar-refractivity contribution is 6.01. The standard InChI is InChI=1S/C31H39N7O5/c1-16(2)20-9-10-38-24(20)29(42)34-19(14-32)11-18-13-22(36-26(18)39)27(40)33-15-31(3,4)25(30(38)43)37-28(41)23-12-17-7-5-6-8-21(17)35-23/h5-8,12,16,18-20,22,24-25,35H,9-11,13,15H2,1-4H3,(H,33,40)(H,34,42)(H,36,39)(H,37,41)/t18-,19-,20+,22-,24-,25+/m0/s1. The average Bonchev–Trinajstić information content (AvgIpc) is 3.70. The van der Waals surface area contributed by atoms with E-state index in [-0.39, 0.29) is 42.8 Å². The van der Waals surface area contributed by atoms with E-state index in [1.165, 1.54) is 4.90 Å². The zero-order chi connectivity index (χ0) is 31.1. The molecule has 1 aromatic carbocycles. The molecule has 228 valence electrons. The lowest BCUT2D eigenvalue weighted by Crippen LogP contribution is -2.61. The molecule has 1 aromatic heterocycles. The van der Waals surface area contributed by atoms with E-state index in [1.54, 1.807) is 19.9 Å². The van der Waals surface area contributed by atoms with Gasteiger partial charge in [-0.2, -0.15) is 5.26 Å². The van der Waals surface area contributed by atoms with Crippen LogP contribution in [0, 0.1) is 34.5 Å². The Morgan fingerprint density at radius 1 is 1.07 bits per heavy atom. The SMILES string of the molecule is CC(C)[C@H]1CCN2C(=O)[C@@H](NC(=O)c3cc4ccccc4[nH]3)C(C)(C)CNC(=O)[C@@H]3C[C@H](C[C@@H](C#N)NC(=O)[C@H]12)C(=O)N3. The van der Waals surface area contributed by atoms with Crippen LogP contribution in [0.4, 0.5) is 0 Å². The first kappa shape index (κ1) is 30.1. The van der Waals surface area contributed by atoms with Gasteiger partial charge in [-0.3, -0.25) is 24.0 Å². The van der Waals surface area contributed by atoms with E-state index < -0.39 is 59.1 Å². The third kappa shape index (κ3) is 5.94. The smallest absolute Gasteiger partial charge is 0.268 e. The molecule has 3 fully saturated rings. The van der Waals surface area contributed by atoms with E-state index in [1.807, 2.05) is 38.1 Å². The fraction of sp³-hybridized carbons (Fsp3) is 0.548. The fourth-order valence-corrected chi connectivity index (χ4v) is 6.60. The number of aromatic nitrogens is 1. The van der Waals surface area contributed by atoms with Crippen LogP contribution in [0.15, 0.2) is 30.3 Å². The number of nitrogens with one attached hydrogen (secondary N) is 5. The highest BCUT2D eigenvalue weighted by Crippen LogP contribution is 2.34. The maximum atomic E-state index is 14.4. The highest BCUT2D eigenvalue weighted by atomic mass is 16.2. The summed E-state index contributed by atoms with van der Waals surface area (Å²) in [7, 11) is 0. The number of hydrogen-bond donors (Lipinski definition) is 5. The van der Waals surface area contributed by atoms with Crippen molar-refractivity contribution in [3.63, 3.8) is 0 Å². The Balaban J connectivity index is 1.52. The zero-order valence-electron chi connectivity index (χ0n) is 24.9. The largest absolute Gasteiger partial charge is 0.354 e. The number of rotatable bonds is 3. The number of nitriles is 1. The van der Waals surface area contributed by atoms with Crippen LogP contribution in [0.2, 0.25) is 0 Å². The molecule has 0 radical (unpaired) electrons. The maximum absolute atomic E-state index is 14.4. The van der Waals surface area contributed by atoms with Crippen molar-refractivity contribution in [3.05, 3.63) is 36.0 Å². The van der Waals surface area contributed by atoms with Crippen LogP contribution in [-0.4, -0.2) is 76.7 Å². The summed E-state index contributed by atoms with van der Waals surface area (Å²) in [5, 5.41) is 21.9. The Kier molecular flexibility index (Phi) is 8.18. The monoisotopic (exact) mass is 589 g/mol. The van der Waals surface area contributed by atoms with Gasteiger partial charge in [0, 0.05) is 35.3 Å². The Labute approximate surface area is 250 Å². The lowest BCUT2D eigenvalue weighted by atomic mass is 9.82. The van der Waals surface area contributed by atoms with Crippen LogP contribution in [0.1, 0.15) is 57.4 Å². The second-order valence-corrected chi connectivity index (χ2v) is 13.0. The van der Waals surface area contributed by atoms with E-state index in [9.17, 15) is 29.2 Å². The van der Waals surface area contributed by atoms with Crippen molar-refractivity contribution in [2.45, 2.75) is 71.1 Å². The minimum atomic E-state index is -1.12. The first-order valence-electron chi connectivity index (χ1n) is 14.9. The van der Waals surface area contributed by atoms with Crippen LogP contribution in [-0.2, 0) is 19.2 Å². The predicted octanol–water partition coefficient (Wildman–Crippen LogP) is 1.20. The van der Waals surface area contributed by atoms with Crippen molar-refractivity contribution in [1.82, 2.24) is 31.2 Å². The first-order chi connectivity index (χ1) is 20.4. The number of nitrogens with zero attached hydrogens (tertiary/aromatic N) is 2. The Hall–Kier alpha value is -4.40. The third-order valence-electron chi connectivity index (χ3n) is 9.17. The average molecular weight is 590 g/mol. The van der Waals surface area contributed by atoms with Gasteiger partial charge in [0.15, 0.2) is 0 Å². The quantitative estimate of drug-likeness (QED) is 0.359. The van der Waals surface area contributed by atoms with E-state index >= 15 is 0 Å². The maximum Gasteiger partial charge on any atom is 0.268 e. The fourth-order valence-electron chi connectivity index (χ4n) is 6.60.